The van der Waals surface area contributed by atoms with E-state index in [1.807, 2.05) is 0 Å². The van der Waals surface area contributed by atoms with Crippen LogP contribution in [0.3, 0.4) is 0 Å². The highest BCUT2D eigenvalue weighted by Crippen LogP contribution is 2.21. The summed E-state index contributed by atoms with van der Waals surface area (Å²) in [6.45, 7) is 1.75. The Kier molecular flexibility index (Phi) is 5.21. The molecular formula is C21H16N6O5. The second kappa shape index (κ2) is 8.14. The molecule has 0 saturated carbocycles. The number of hydrogen-bond donors (Lipinski definition) is 2. The smallest absolute Gasteiger partial charge is 0.269 e. The first kappa shape index (κ1) is 20.5. The van der Waals surface area contributed by atoms with Gasteiger partial charge in [-0.1, -0.05) is 6.07 Å². The Morgan fingerprint density at radius 3 is 2.50 bits per heavy atom. The van der Waals surface area contributed by atoms with E-state index < -0.39 is 21.9 Å². The number of H-pyrrole nitrogens is 1. The Morgan fingerprint density at radius 2 is 1.78 bits per heavy atom. The molecule has 0 saturated heterocycles. The van der Waals surface area contributed by atoms with Crippen molar-refractivity contribution in [3.63, 3.8) is 0 Å². The highest BCUT2D eigenvalue weighted by Gasteiger charge is 2.14. The Balaban J connectivity index is 1.64. The molecule has 0 aliphatic carbocycles. The van der Waals surface area contributed by atoms with Crippen LogP contribution in [0.4, 0.5) is 11.5 Å². The zero-order valence-corrected chi connectivity index (χ0v) is 16.7. The molecule has 11 nitrogen and oxygen atoms in total. The van der Waals surface area contributed by atoms with Gasteiger partial charge in [0.05, 0.1) is 22.0 Å². The molecule has 0 fully saturated rings. The standard InChI is InChI=1S/C21H16N6O5/c1-13-11-18(25(23-13)15-5-7-16(8-6-15)27(31)32)22-21(30)14-3-2-4-17(12-14)26-20(29)10-9-19(28)24-26/h2-12H,1H3,(H,22,30)(H,24,28). The summed E-state index contributed by atoms with van der Waals surface area (Å²) in [4.78, 5) is 46.9. The van der Waals surface area contributed by atoms with Gasteiger partial charge < -0.3 is 5.32 Å². The van der Waals surface area contributed by atoms with Crippen LogP contribution in [-0.4, -0.2) is 30.4 Å². The molecule has 0 spiro atoms. The number of aryl methyl sites for hydroxylation is 1. The fraction of sp³-hybridized carbons (Fsp3) is 0.0476. The van der Waals surface area contributed by atoms with Crippen LogP contribution in [-0.2, 0) is 0 Å². The molecular weight excluding hydrogens is 416 g/mol. The molecule has 0 unspecified atom stereocenters. The third kappa shape index (κ3) is 4.07. The molecule has 160 valence electrons. The van der Waals surface area contributed by atoms with E-state index in [4.69, 9.17) is 0 Å². The predicted molar refractivity (Wildman–Crippen MR) is 116 cm³/mol. The summed E-state index contributed by atoms with van der Waals surface area (Å²) in [6.07, 6.45) is 0. The molecule has 2 N–H and O–H groups in total. The number of non-ortho nitro benzene ring substituents is 1. The van der Waals surface area contributed by atoms with Crippen molar-refractivity contribution < 1.29 is 9.72 Å². The average Bonchev–Trinajstić information content (AvgIpc) is 3.15. The summed E-state index contributed by atoms with van der Waals surface area (Å²) < 4.78 is 2.50. The number of nitrogens with zero attached hydrogens (tertiary/aromatic N) is 4. The maximum Gasteiger partial charge on any atom is 0.269 e. The molecule has 4 rings (SSSR count). The average molecular weight is 432 g/mol. The third-order valence-corrected chi connectivity index (χ3v) is 4.56. The van der Waals surface area contributed by atoms with Gasteiger partial charge in [-0.15, -0.1) is 0 Å². The minimum atomic E-state index is -0.501. The van der Waals surface area contributed by atoms with E-state index in [9.17, 15) is 24.5 Å². The molecule has 32 heavy (non-hydrogen) atoms. The summed E-state index contributed by atoms with van der Waals surface area (Å²) in [5.74, 6) is -0.113. The minimum absolute atomic E-state index is 0.0609. The van der Waals surface area contributed by atoms with Crippen LogP contribution in [0.1, 0.15) is 16.1 Å². The third-order valence-electron chi connectivity index (χ3n) is 4.56. The van der Waals surface area contributed by atoms with Crippen LogP contribution in [0.25, 0.3) is 11.4 Å². The van der Waals surface area contributed by atoms with Crippen LogP contribution < -0.4 is 16.4 Å². The molecule has 11 heteroatoms. The SMILES string of the molecule is Cc1cc(NC(=O)c2cccc(-n3[nH]c(=O)ccc3=O)c2)n(-c2ccc([N+](=O)[O-])cc2)n1. The lowest BCUT2D eigenvalue weighted by atomic mass is 10.2. The Bertz CT molecular complexity index is 1450. The van der Waals surface area contributed by atoms with E-state index in [1.165, 1.54) is 35.0 Å². The predicted octanol–water partition coefficient (Wildman–Crippen LogP) is 2.18. The summed E-state index contributed by atoms with van der Waals surface area (Å²) in [7, 11) is 0. The quantitative estimate of drug-likeness (QED) is 0.365. The number of aromatic nitrogens is 4. The van der Waals surface area contributed by atoms with Crippen molar-refractivity contribution in [2.24, 2.45) is 0 Å². The first-order chi connectivity index (χ1) is 15.3. The van der Waals surface area contributed by atoms with Crippen LogP contribution in [0.2, 0.25) is 0 Å². The highest BCUT2D eigenvalue weighted by molar-refractivity contribution is 6.04. The number of nitro benzene ring substituents is 1. The Hall–Kier alpha value is -4.80. The molecule has 0 aliphatic heterocycles. The van der Waals surface area contributed by atoms with Gasteiger partial charge in [-0.2, -0.15) is 5.10 Å². The normalized spacial score (nSPS) is 10.7. The first-order valence-corrected chi connectivity index (χ1v) is 9.37. The Labute approximate surface area is 179 Å². The zero-order chi connectivity index (χ0) is 22.8. The number of nitrogens with one attached hydrogen (secondary N) is 2. The number of nitro groups is 1. The van der Waals surface area contributed by atoms with E-state index in [0.29, 0.717) is 22.9 Å². The molecule has 2 aromatic carbocycles. The summed E-state index contributed by atoms with van der Waals surface area (Å²) in [6, 6.07) is 15.9. The molecule has 2 aromatic heterocycles. The monoisotopic (exact) mass is 432 g/mol. The number of benzene rings is 2. The lowest BCUT2D eigenvalue weighted by Gasteiger charge is -2.10. The number of hydrogen-bond acceptors (Lipinski definition) is 6. The molecule has 0 atom stereocenters. The van der Waals surface area contributed by atoms with Gasteiger partial charge in [-0.25, -0.2) is 9.36 Å². The van der Waals surface area contributed by atoms with E-state index in [-0.39, 0.29) is 11.3 Å². The lowest BCUT2D eigenvalue weighted by molar-refractivity contribution is -0.384. The Morgan fingerprint density at radius 1 is 1.03 bits per heavy atom. The zero-order valence-electron chi connectivity index (χ0n) is 16.7. The maximum absolute atomic E-state index is 12.9. The number of carbonyl (C=O) groups is 1. The van der Waals surface area contributed by atoms with Gasteiger partial charge in [0.2, 0.25) is 0 Å². The van der Waals surface area contributed by atoms with Gasteiger partial charge in [-0.3, -0.25) is 29.6 Å². The molecule has 0 bridgehead atoms. The van der Waals surface area contributed by atoms with Crippen molar-refractivity contribution >= 4 is 17.4 Å². The summed E-state index contributed by atoms with van der Waals surface area (Å²) in [5.41, 5.74) is 0.751. The number of rotatable bonds is 5. The van der Waals surface area contributed by atoms with E-state index in [1.54, 1.807) is 31.2 Å². The molecule has 1 amide bonds. The number of anilines is 1. The second-order valence-corrected chi connectivity index (χ2v) is 6.84. The van der Waals surface area contributed by atoms with E-state index >= 15 is 0 Å². The van der Waals surface area contributed by atoms with Crippen molar-refractivity contribution in [3.05, 3.63) is 109 Å². The number of amides is 1. The largest absolute Gasteiger partial charge is 0.306 e. The minimum Gasteiger partial charge on any atom is -0.306 e. The van der Waals surface area contributed by atoms with Gasteiger partial charge in [0.15, 0.2) is 0 Å². The van der Waals surface area contributed by atoms with Gasteiger partial charge in [0.25, 0.3) is 22.7 Å². The fourth-order valence-electron chi connectivity index (χ4n) is 3.09. The highest BCUT2D eigenvalue weighted by atomic mass is 16.6. The van der Waals surface area contributed by atoms with Crippen molar-refractivity contribution in [3.8, 4) is 11.4 Å². The van der Waals surface area contributed by atoms with E-state index in [0.717, 1.165) is 16.8 Å². The van der Waals surface area contributed by atoms with Gasteiger partial charge in [-0.05, 0) is 37.3 Å². The van der Waals surface area contributed by atoms with Crippen molar-refractivity contribution in [1.82, 2.24) is 19.6 Å². The van der Waals surface area contributed by atoms with Crippen molar-refractivity contribution in [2.75, 3.05) is 5.32 Å². The van der Waals surface area contributed by atoms with Gasteiger partial charge in [0.1, 0.15) is 5.82 Å². The van der Waals surface area contributed by atoms with Crippen LogP contribution in [0.15, 0.2) is 76.3 Å². The van der Waals surface area contributed by atoms with Crippen LogP contribution >= 0.6 is 0 Å². The van der Waals surface area contributed by atoms with Crippen molar-refractivity contribution in [1.29, 1.82) is 0 Å². The molecule has 0 aliphatic rings. The number of carbonyl (C=O) groups excluding carboxylic acids is 1. The summed E-state index contributed by atoms with van der Waals surface area (Å²) >= 11 is 0. The first-order valence-electron chi connectivity index (χ1n) is 9.37. The summed E-state index contributed by atoms with van der Waals surface area (Å²) in [5, 5.41) is 20.4. The lowest BCUT2D eigenvalue weighted by Crippen LogP contribution is -2.26. The molecule has 0 radical (unpaired) electrons. The van der Waals surface area contributed by atoms with Gasteiger partial charge in [0, 0.05) is 35.9 Å². The van der Waals surface area contributed by atoms with Gasteiger partial charge >= 0.3 is 0 Å². The van der Waals surface area contributed by atoms with Crippen LogP contribution in [0.5, 0.6) is 0 Å². The molecule has 4 aromatic rings. The maximum atomic E-state index is 12.9. The fourth-order valence-corrected chi connectivity index (χ4v) is 3.09. The van der Waals surface area contributed by atoms with E-state index in [2.05, 4.69) is 15.5 Å². The topological polar surface area (TPSA) is 145 Å². The molecule has 2 heterocycles. The number of aromatic amines is 1. The van der Waals surface area contributed by atoms with Crippen LogP contribution in [0, 0.1) is 17.0 Å². The second-order valence-electron chi connectivity index (χ2n) is 6.84. The van der Waals surface area contributed by atoms with Crippen molar-refractivity contribution in [2.45, 2.75) is 6.92 Å².